The molecule has 0 amide bonds. The van der Waals surface area contributed by atoms with Crippen molar-refractivity contribution in [2.75, 3.05) is 13.1 Å². The van der Waals surface area contributed by atoms with Crippen LogP contribution in [0.25, 0.3) is 0 Å². The number of hydrogen-bond donors (Lipinski definition) is 0. The molecule has 1 saturated heterocycles. The molecule has 1 aromatic rings. The second kappa shape index (κ2) is 5.19. The van der Waals surface area contributed by atoms with Gasteiger partial charge in [-0.1, -0.05) is 0 Å². The minimum atomic E-state index is -0.299. The van der Waals surface area contributed by atoms with Gasteiger partial charge < -0.3 is 0 Å². The Balaban J connectivity index is 1.90. The van der Waals surface area contributed by atoms with Crippen molar-refractivity contribution in [1.29, 1.82) is 0 Å². The first-order valence-corrected chi connectivity index (χ1v) is 6.53. The molecule has 0 bridgehead atoms. The molecule has 2 rings (SSSR count). The normalized spacial score (nSPS) is 19.1. The summed E-state index contributed by atoms with van der Waals surface area (Å²) in [6.07, 6.45) is 2.91. The fourth-order valence-electron chi connectivity index (χ4n) is 2.59. The van der Waals surface area contributed by atoms with E-state index < -0.39 is 0 Å². The van der Waals surface area contributed by atoms with Crippen LogP contribution >= 0.6 is 0 Å². The molecule has 1 heterocycles. The zero-order valence-electron chi connectivity index (χ0n) is 11.1. The monoisotopic (exact) mass is 249 g/mol. The van der Waals surface area contributed by atoms with Crippen LogP contribution in [-0.2, 0) is 0 Å². The van der Waals surface area contributed by atoms with Crippen molar-refractivity contribution in [2.45, 2.75) is 38.6 Å². The van der Waals surface area contributed by atoms with Crippen LogP contribution in [0.3, 0.4) is 0 Å². The number of rotatable bonds is 4. The highest BCUT2D eigenvalue weighted by atomic mass is 19.1. The molecule has 1 aromatic carbocycles. The van der Waals surface area contributed by atoms with Gasteiger partial charge in [0.1, 0.15) is 5.82 Å². The number of nitrogens with zero attached hydrogens (tertiary/aromatic N) is 1. The molecule has 0 aliphatic carbocycles. The van der Waals surface area contributed by atoms with Crippen LogP contribution in [0.2, 0.25) is 0 Å². The lowest BCUT2D eigenvalue weighted by molar-refractivity contribution is 0.0942. The second-order valence-corrected chi connectivity index (χ2v) is 5.58. The van der Waals surface area contributed by atoms with Crippen molar-refractivity contribution in [3.05, 3.63) is 35.6 Å². The van der Waals surface area contributed by atoms with E-state index in [1.54, 1.807) is 12.1 Å². The minimum Gasteiger partial charge on any atom is -0.298 e. The number of Topliss-reactive ketones (excluding diaryl/α,β-unsaturated/α-hetero) is 1. The summed E-state index contributed by atoms with van der Waals surface area (Å²) in [4.78, 5) is 14.3. The summed E-state index contributed by atoms with van der Waals surface area (Å²) in [7, 11) is 0. The lowest BCUT2D eigenvalue weighted by Crippen LogP contribution is -2.39. The van der Waals surface area contributed by atoms with Crippen molar-refractivity contribution in [3.63, 3.8) is 0 Å². The van der Waals surface area contributed by atoms with E-state index in [9.17, 15) is 9.18 Å². The summed E-state index contributed by atoms with van der Waals surface area (Å²) in [5.74, 6) is -0.204. The number of benzene rings is 1. The highest BCUT2D eigenvalue weighted by Gasteiger charge is 2.31. The van der Waals surface area contributed by atoms with Crippen LogP contribution in [0, 0.1) is 5.82 Å². The van der Waals surface area contributed by atoms with Crippen LogP contribution in [0.15, 0.2) is 24.3 Å². The maximum Gasteiger partial charge on any atom is 0.164 e. The topological polar surface area (TPSA) is 20.3 Å². The third-order valence-electron chi connectivity index (χ3n) is 3.85. The second-order valence-electron chi connectivity index (χ2n) is 5.58. The van der Waals surface area contributed by atoms with Gasteiger partial charge in [-0.3, -0.25) is 9.69 Å². The molecular formula is C15H20FNO. The van der Waals surface area contributed by atoms with E-state index in [2.05, 4.69) is 18.7 Å². The Morgan fingerprint density at radius 2 is 2.00 bits per heavy atom. The largest absolute Gasteiger partial charge is 0.298 e. The van der Waals surface area contributed by atoms with Crippen LogP contribution < -0.4 is 0 Å². The van der Waals surface area contributed by atoms with E-state index in [1.165, 1.54) is 25.0 Å². The third kappa shape index (κ3) is 2.96. The Labute approximate surface area is 108 Å². The Morgan fingerprint density at radius 1 is 1.33 bits per heavy atom. The predicted molar refractivity (Wildman–Crippen MR) is 70.2 cm³/mol. The van der Waals surface area contributed by atoms with Crippen LogP contribution in [0.1, 0.15) is 43.5 Å². The first-order chi connectivity index (χ1) is 8.49. The summed E-state index contributed by atoms with van der Waals surface area (Å²) in [6.45, 7) is 6.32. The lowest BCUT2D eigenvalue weighted by Gasteiger charge is -2.31. The standard InChI is InChI=1S/C15H20FNO/c1-15(2)9-3-10-17(15)11-8-14(18)12-4-6-13(16)7-5-12/h4-7H,3,8-11H2,1-2H3. The first kappa shape index (κ1) is 13.2. The molecule has 18 heavy (non-hydrogen) atoms. The maximum absolute atomic E-state index is 12.8. The molecule has 1 aliphatic heterocycles. The van der Waals surface area contributed by atoms with Gasteiger partial charge in [0.2, 0.25) is 0 Å². The molecule has 3 heteroatoms. The van der Waals surface area contributed by atoms with Gasteiger partial charge in [0, 0.05) is 24.1 Å². The van der Waals surface area contributed by atoms with Crippen LogP contribution in [-0.4, -0.2) is 29.3 Å². The van der Waals surface area contributed by atoms with Gasteiger partial charge in [0.15, 0.2) is 5.78 Å². The fraction of sp³-hybridized carbons (Fsp3) is 0.533. The van der Waals surface area contributed by atoms with Gasteiger partial charge in [-0.25, -0.2) is 4.39 Å². The summed E-state index contributed by atoms with van der Waals surface area (Å²) in [5.41, 5.74) is 0.816. The number of likely N-dealkylation sites (tertiary alicyclic amines) is 1. The summed E-state index contributed by atoms with van der Waals surface area (Å²) in [5, 5.41) is 0. The van der Waals surface area contributed by atoms with Gasteiger partial charge in [-0.15, -0.1) is 0 Å². The molecule has 1 fully saturated rings. The molecule has 0 atom stereocenters. The Bertz CT molecular complexity index is 425. The smallest absolute Gasteiger partial charge is 0.164 e. The Kier molecular flexibility index (Phi) is 3.81. The van der Waals surface area contributed by atoms with E-state index >= 15 is 0 Å². The fourth-order valence-corrected chi connectivity index (χ4v) is 2.59. The van der Waals surface area contributed by atoms with E-state index in [-0.39, 0.29) is 17.1 Å². The quantitative estimate of drug-likeness (QED) is 0.763. The molecule has 2 nitrogen and oxygen atoms in total. The summed E-state index contributed by atoms with van der Waals surface area (Å²) in [6, 6.07) is 5.81. The highest BCUT2D eigenvalue weighted by Crippen LogP contribution is 2.28. The molecule has 98 valence electrons. The predicted octanol–water partition coefficient (Wildman–Crippen LogP) is 3.27. The zero-order valence-corrected chi connectivity index (χ0v) is 11.1. The lowest BCUT2D eigenvalue weighted by atomic mass is 10.0. The minimum absolute atomic E-state index is 0.0951. The Morgan fingerprint density at radius 3 is 2.56 bits per heavy atom. The average Bonchev–Trinajstić information content (AvgIpc) is 2.66. The molecule has 0 unspecified atom stereocenters. The van der Waals surface area contributed by atoms with E-state index in [4.69, 9.17) is 0 Å². The summed E-state index contributed by atoms with van der Waals surface area (Å²) < 4.78 is 12.8. The molecule has 0 saturated carbocycles. The number of ketones is 1. The molecule has 0 radical (unpaired) electrons. The molecule has 1 aliphatic rings. The van der Waals surface area contributed by atoms with Crippen molar-refractivity contribution >= 4 is 5.78 Å². The summed E-state index contributed by atoms with van der Waals surface area (Å²) >= 11 is 0. The van der Waals surface area contributed by atoms with E-state index in [0.717, 1.165) is 13.1 Å². The molecule has 0 aromatic heterocycles. The maximum atomic E-state index is 12.8. The first-order valence-electron chi connectivity index (χ1n) is 6.53. The van der Waals surface area contributed by atoms with Crippen molar-refractivity contribution in [2.24, 2.45) is 0 Å². The van der Waals surface area contributed by atoms with Crippen molar-refractivity contribution in [3.8, 4) is 0 Å². The molecule has 0 N–H and O–H groups in total. The molecule has 0 spiro atoms. The number of carbonyl (C=O) groups is 1. The van der Waals surface area contributed by atoms with Crippen LogP contribution in [0.4, 0.5) is 4.39 Å². The molecular weight excluding hydrogens is 229 g/mol. The average molecular weight is 249 g/mol. The SMILES string of the molecule is CC1(C)CCCN1CCC(=O)c1ccc(F)cc1. The van der Waals surface area contributed by atoms with Crippen molar-refractivity contribution < 1.29 is 9.18 Å². The Hall–Kier alpha value is -1.22. The third-order valence-corrected chi connectivity index (χ3v) is 3.85. The van der Waals surface area contributed by atoms with Gasteiger partial charge >= 0.3 is 0 Å². The number of halogens is 1. The van der Waals surface area contributed by atoms with Crippen LogP contribution in [0.5, 0.6) is 0 Å². The number of carbonyl (C=O) groups excluding carboxylic acids is 1. The van der Waals surface area contributed by atoms with Gasteiger partial charge in [-0.2, -0.15) is 0 Å². The zero-order chi connectivity index (χ0) is 13.2. The van der Waals surface area contributed by atoms with E-state index in [0.29, 0.717) is 12.0 Å². The van der Waals surface area contributed by atoms with Crippen molar-refractivity contribution in [1.82, 2.24) is 4.90 Å². The number of hydrogen-bond acceptors (Lipinski definition) is 2. The van der Waals surface area contributed by atoms with Gasteiger partial charge in [-0.05, 0) is 57.5 Å². The van der Waals surface area contributed by atoms with Gasteiger partial charge in [0.05, 0.1) is 0 Å². The van der Waals surface area contributed by atoms with E-state index in [1.807, 2.05) is 0 Å². The van der Waals surface area contributed by atoms with Gasteiger partial charge in [0.25, 0.3) is 0 Å². The highest BCUT2D eigenvalue weighted by molar-refractivity contribution is 5.96.